The molecule has 0 atom stereocenters. The summed E-state index contributed by atoms with van der Waals surface area (Å²) < 4.78 is 7.82. The van der Waals surface area contributed by atoms with E-state index in [1.54, 1.807) is 6.26 Å². The molecule has 1 N–H and O–H groups in total. The Bertz CT molecular complexity index is 684. The van der Waals surface area contributed by atoms with E-state index in [1.807, 2.05) is 18.2 Å². The van der Waals surface area contributed by atoms with Gasteiger partial charge in [-0.15, -0.1) is 0 Å². The molecule has 0 aliphatic rings. The number of nitrogens with zero attached hydrogens (tertiary/aromatic N) is 1. The third-order valence-corrected chi connectivity index (χ3v) is 3.89. The molecule has 22 heavy (non-hydrogen) atoms. The predicted octanol–water partition coefficient (Wildman–Crippen LogP) is 3.98. The van der Waals surface area contributed by atoms with Gasteiger partial charge < -0.3 is 14.3 Å². The predicted molar refractivity (Wildman–Crippen MR) is 88.6 cm³/mol. The van der Waals surface area contributed by atoms with Crippen LogP contribution in [0.1, 0.15) is 29.6 Å². The summed E-state index contributed by atoms with van der Waals surface area (Å²) in [4.78, 5) is 0. The lowest BCUT2D eigenvalue weighted by Crippen LogP contribution is -2.16. The molecule has 0 amide bonds. The van der Waals surface area contributed by atoms with Crippen LogP contribution in [0, 0.1) is 0 Å². The minimum atomic E-state index is 0.847. The van der Waals surface area contributed by atoms with E-state index in [0.717, 1.165) is 31.8 Å². The summed E-state index contributed by atoms with van der Waals surface area (Å²) >= 11 is 0. The zero-order valence-corrected chi connectivity index (χ0v) is 13.0. The highest BCUT2D eigenvalue weighted by Crippen LogP contribution is 2.15. The second kappa shape index (κ2) is 7.14. The van der Waals surface area contributed by atoms with Crippen LogP contribution >= 0.6 is 0 Å². The third-order valence-electron chi connectivity index (χ3n) is 3.89. The fourth-order valence-corrected chi connectivity index (χ4v) is 2.79. The molecule has 3 rings (SSSR count). The van der Waals surface area contributed by atoms with Gasteiger partial charge in [-0.05, 0) is 36.8 Å². The number of hydrogen-bond acceptors (Lipinski definition) is 2. The van der Waals surface area contributed by atoms with Crippen molar-refractivity contribution in [3.8, 4) is 0 Å². The van der Waals surface area contributed by atoms with Crippen molar-refractivity contribution in [1.82, 2.24) is 9.88 Å². The molecule has 3 heteroatoms. The maximum atomic E-state index is 5.46. The standard InChI is InChI=1S/C19H22N2O/c1-2-21-17(13-19-9-6-12-22-19)10-11-18(21)15-20-14-16-7-4-3-5-8-16/h3-12,20H,2,13-15H2,1H3. The Morgan fingerprint density at radius 2 is 1.73 bits per heavy atom. The fraction of sp³-hybridized carbons (Fsp3) is 0.263. The number of nitrogens with one attached hydrogen (secondary N) is 1. The van der Waals surface area contributed by atoms with Gasteiger partial charge in [0.2, 0.25) is 0 Å². The Morgan fingerprint density at radius 1 is 0.909 bits per heavy atom. The Labute approximate surface area is 131 Å². The lowest BCUT2D eigenvalue weighted by Gasteiger charge is -2.11. The van der Waals surface area contributed by atoms with Crippen LogP contribution in [0.4, 0.5) is 0 Å². The first-order valence-electron chi connectivity index (χ1n) is 7.81. The average molecular weight is 294 g/mol. The molecule has 0 fully saturated rings. The van der Waals surface area contributed by atoms with E-state index in [2.05, 4.69) is 53.2 Å². The summed E-state index contributed by atoms with van der Waals surface area (Å²) in [6.07, 6.45) is 2.58. The van der Waals surface area contributed by atoms with Crippen LogP contribution in [0.15, 0.2) is 65.3 Å². The highest BCUT2D eigenvalue weighted by molar-refractivity contribution is 5.21. The number of rotatable bonds is 7. The number of aromatic nitrogens is 1. The molecule has 0 saturated heterocycles. The molecule has 114 valence electrons. The van der Waals surface area contributed by atoms with E-state index in [9.17, 15) is 0 Å². The summed E-state index contributed by atoms with van der Waals surface area (Å²) in [5.41, 5.74) is 3.93. The molecule has 3 aromatic rings. The first-order valence-corrected chi connectivity index (χ1v) is 7.81. The highest BCUT2D eigenvalue weighted by atomic mass is 16.3. The zero-order chi connectivity index (χ0) is 15.2. The van der Waals surface area contributed by atoms with Crippen molar-refractivity contribution in [1.29, 1.82) is 0 Å². The van der Waals surface area contributed by atoms with E-state index in [0.29, 0.717) is 0 Å². The quantitative estimate of drug-likeness (QED) is 0.714. The van der Waals surface area contributed by atoms with Gasteiger partial charge in [-0.1, -0.05) is 30.3 Å². The molecule has 3 nitrogen and oxygen atoms in total. The van der Waals surface area contributed by atoms with Gasteiger partial charge >= 0.3 is 0 Å². The molecule has 1 aromatic carbocycles. The molecule has 0 aliphatic carbocycles. The summed E-state index contributed by atoms with van der Waals surface area (Å²) in [6.45, 7) is 4.93. The summed E-state index contributed by atoms with van der Waals surface area (Å²) in [7, 11) is 0. The molecule has 0 radical (unpaired) electrons. The molecular formula is C19H22N2O. The van der Waals surface area contributed by atoms with Crippen molar-refractivity contribution >= 4 is 0 Å². The lowest BCUT2D eigenvalue weighted by molar-refractivity contribution is 0.513. The highest BCUT2D eigenvalue weighted by Gasteiger charge is 2.08. The maximum absolute atomic E-state index is 5.46. The van der Waals surface area contributed by atoms with E-state index in [-0.39, 0.29) is 0 Å². The van der Waals surface area contributed by atoms with Crippen LogP contribution in [0.3, 0.4) is 0 Å². The Kier molecular flexibility index (Phi) is 4.76. The Morgan fingerprint density at radius 3 is 2.45 bits per heavy atom. The van der Waals surface area contributed by atoms with Crippen LogP contribution in [-0.2, 0) is 26.1 Å². The molecule has 0 saturated carbocycles. The van der Waals surface area contributed by atoms with Crippen molar-refractivity contribution < 1.29 is 4.42 Å². The Hall–Kier alpha value is -2.26. The van der Waals surface area contributed by atoms with Crippen LogP contribution in [0.25, 0.3) is 0 Å². The maximum Gasteiger partial charge on any atom is 0.109 e. The van der Waals surface area contributed by atoms with Gasteiger partial charge in [0.25, 0.3) is 0 Å². The van der Waals surface area contributed by atoms with E-state index >= 15 is 0 Å². The molecule has 0 bridgehead atoms. The Balaban J connectivity index is 1.62. The number of hydrogen-bond donors (Lipinski definition) is 1. The second-order valence-corrected chi connectivity index (χ2v) is 5.41. The fourth-order valence-electron chi connectivity index (χ4n) is 2.79. The van der Waals surface area contributed by atoms with Crippen LogP contribution < -0.4 is 5.32 Å². The SMILES string of the molecule is CCn1c(CNCc2ccccc2)ccc1Cc1ccco1. The first-order chi connectivity index (χ1) is 10.9. The smallest absolute Gasteiger partial charge is 0.109 e. The van der Waals surface area contributed by atoms with Crippen molar-refractivity contribution in [2.75, 3.05) is 0 Å². The van der Waals surface area contributed by atoms with Crippen LogP contribution in [-0.4, -0.2) is 4.57 Å². The summed E-state index contributed by atoms with van der Waals surface area (Å²) in [5.74, 6) is 1.01. The molecule has 2 aromatic heterocycles. The number of furan rings is 1. The van der Waals surface area contributed by atoms with Crippen molar-refractivity contribution in [3.63, 3.8) is 0 Å². The molecule has 2 heterocycles. The summed E-state index contributed by atoms with van der Waals surface area (Å²) in [6, 6.07) is 18.9. The zero-order valence-electron chi connectivity index (χ0n) is 13.0. The van der Waals surface area contributed by atoms with Gasteiger partial charge in [-0.2, -0.15) is 0 Å². The largest absolute Gasteiger partial charge is 0.469 e. The van der Waals surface area contributed by atoms with Gasteiger partial charge in [0.1, 0.15) is 5.76 Å². The van der Waals surface area contributed by atoms with Crippen molar-refractivity contribution in [2.45, 2.75) is 33.0 Å². The van der Waals surface area contributed by atoms with Gasteiger partial charge in [-0.25, -0.2) is 0 Å². The van der Waals surface area contributed by atoms with Gasteiger partial charge in [0.05, 0.1) is 6.26 Å². The van der Waals surface area contributed by atoms with Gasteiger partial charge in [-0.3, -0.25) is 0 Å². The molecule has 0 unspecified atom stereocenters. The third kappa shape index (κ3) is 3.49. The van der Waals surface area contributed by atoms with Crippen LogP contribution in [0.5, 0.6) is 0 Å². The van der Waals surface area contributed by atoms with Gasteiger partial charge in [0, 0.05) is 37.4 Å². The molecular weight excluding hydrogens is 272 g/mol. The average Bonchev–Trinajstić information content (AvgIpc) is 3.19. The minimum absolute atomic E-state index is 0.847. The minimum Gasteiger partial charge on any atom is -0.469 e. The first kappa shape index (κ1) is 14.7. The van der Waals surface area contributed by atoms with Crippen molar-refractivity contribution in [2.24, 2.45) is 0 Å². The summed E-state index contributed by atoms with van der Waals surface area (Å²) in [5, 5.41) is 3.52. The van der Waals surface area contributed by atoms with E-state index in [1.165, 1.54) is 17.0 Å². The van der Waals surface area contributed by atoms with Crippen LogP contribution in [0.2, 0.25) is 0 Å². The van der Waals surface area contributed by atoms with E-state index in [4.69, 9.17) is 4.42 Å². The molecule has 0 spiro atoms. The van der Waals surface area contributed by atoms with Crippen molar-refractivity contribution in [3.05, 3.63) is 83.6 Å². The lowest BCUT2D eigenvalue weighted by atomic mass is 10.2. The van der Waals surface area contributed by atoms with E-state index < -0.39 is 0 Å². The topological polar surface area (TPSA) is 30.1 Å². The normalized spacial score (nSPS) is 11.0. The monoisotopic (exact) mass is 294 g/mol. The molecule has 0 aliphatic heterocycles. The number of benzene rings is 1. The second-order valence-electron chi connectivity index (χ2n) is 5.41. The van der Waals surface area contributed by atoms with Gasteiger partial charge in [0.15, 0.2) is 0 Å².